The number of nitrogens with zero attached hydrogens (tertiary/aromatic N) is 2. The van der Waals surface area contributed by atoms with E-state index in [0.717, 1.165) is 24.3 Å². The molecular formula is C20H17N3O2. The van der Waals surface area contributed by atoms with Crippen LogP contribution in [0.25, 0.3) is 11.1 Å². The van der Waals surface area contributed by atoms with Crippen molar-refractivity contribution < 1.29 is 9.53 Å². The zero-order chi connectivity index (χ0) is 17.1. The number of aromatic nitrogens is 2. The maximum absolute atomic E-state index is 12.1. The number of carbonyl (C=O) groups excluding carboxylic acids is 1. The van der Waals surface area contributed by atoms with Gasteiger partial charge in [-0.25, -0.2) is 4.98 Å². The van der Waals surface area contributed by atoms with Gasteiger partial charge in [-0.2, -0.15) is 0 Å². The Morgan fingerprint density at radius 2 is 1.96 bits per heavy atom. The molecule has 0 unspecified atom stereocenters. The Hall–Kier alpha value is -3.05. The fourth-order valence-corrected chi connectivity index (χ4v) is 2.72. The van der Waals surface area contributed by atoms with E-state index in [4.69, 9.17) is 4.74 Å². The molecule has 1 aromatic carbocycles. The van der Waals surface area contributed by atoms with Crippen molar-refractivity contribution >= 4 is 11.7 Å². The van der Waals surface area contributed by atoms with Crippen LogP contribution in [-0.2, 0) is 4.74 Å². The van der Waals surface area contributed by atoms with Crippen LogP contribution in [0.15, 0.2) is 67.1 Å². The first-order valence-electron chi connectivity index (χ1n) is 8.15. The monoisotopic (exact) mass is 331 g/mol. The van der Waals surface area contributed by atoms with Crippen molar-refractivity contribution in [2.45, 2.75) is 5.92 Å². The summed E-state index contributed by atoms with van der Waals surface area (Å²) in [5.41, 5.74) is 3.92. The number of benzene rings is 1. The topological polar surface area (TPSA) is 64.1 Å². The van der Waals surface area contributed by atoms with E-state index in [9.17, 15) is 4.79 Å². The number of pyridine rings is 2. The number of rotatable bonds is 4. The zero-order valence-corrected chi connectivity index (χ0v) is 13.6. The minimum Gasteiger partial charge on any atom is -0.380 e. The molecular weight excluding hydrogens is 314 g/mol. The standard InChI is InChI=1S/C20H17N3O2/c24-20(17-5-2-8-21-10-17)23-19-7-6-16(11-22-19)14-3-1-4-15(9-14)18-12-25-13-18/h1-11,18H,12-13H2,(H,22,23,24). The van der Waals surface area contributed by atoms with Crippen LogP contribution < -0.4 is 5.32 Å². The van der Waals surface area contributed by atoms with Gasteiger partial charge in [-0.15, -0.1) is 0 Å². The molecule has 1 amide bonds. The highest BCUT2D eigenvalue weighted by atomic mass is 16.5. The van der Waals surface area contributed by atoms with Crippen molar-refractivity contribution in [2.24, 2.45) is 0 Å². The van der Waals surface area contributed by atoms with Gasteiger partial charge < -0.3 is 10.1 Å². The maximum Gasteiger partial charge on any atom is 0.258 e. The average molecular weight is 331 g/mol. The van der Waals surface area contributed by atoms with Gasteiger partial charge in [0.2, 0.25) is 0 Å². The number of hydrogen-bond donors (Lipinski definition) is 1. The summed E-state index contributed by atoms with van der Waals surface area (Å²) in [6, 6.07) is 15.6. The normalized spacial score (nSPS) is 13.9. The molecule has 3 aromatic rings. The maximum atomic E-state index is 12.1. The van der Waals surface area contributed by atoms with Crippen molar-refractivity contribution in [1.29, 1.82) is 0 Å². The number of amides is 1. The molecule has 5 heteroatoms. The van der Waals surface area contributed by atoms with Crippen molar-refractivity contribution in [3.63, 3.8) is 0 Å². The second-order valence-corrected chi connectivity index (χ2v) is 5.99. The first-order valence-corrected chi connectivity index (χ1v) is 8.15. The molecule has 4 rings (SSSR count). The molecule has 0 saturated carbocycles. The van der Waals surface area contributed by atoms with Crippen molar-refractivity contribution in [3.05, 3.63) is 78.2 Å². The second kappa shape index (κ2) is 6.83. The summed E-state index contributed by atoms with van der Waals surface area (Å²) >= 11 is 0. The number of anilines is 1. The van der Waals surface area contributed by atoms with Crippen molar-refractivity contribution in [3.8, 4) is 11.1 Å². The van der Waals surface area contributed by atoms with Crippen molar-refractivity contribution in [2.75, 3.05) is 18.5 Å². The summed E-state index contributed by atoms with van der Waals surface area (Å²) in [4.78, 5) is 20.4. The highest BCUT2D eigenvalue weighted by Gasteiger charge is 2.20. The molecule has 124 valence electrons. The van der Waals surface area contributed by atoms with Gasteiger partial charge in [-0.3, -0.25) is 9.78 Å². The van der Waals surface area contributed by atoms with E-state index in [1.807, 2.05) is 12.1 Å². The summed E-state index contributed by atoms with van der Waals surface area (Å²) in [5, 5.41) is 2.78. The van der Waals surface area contributed by atoms with Crippen LogP contribution in [0.3, 0.4) is 0 Å². The number of hydrogen-bond acceptors (Lipinski definition) is 4. The largest absolute Gasteiger partial charge is 0.380 e. The predicted molar refractivity (Wildman–Crippen MR) is 95.4 cm³/mol. The second-order valence-electron chi connectivity index (χ2n) is 5.99. The number of carbonyl (C=O) groups is 1. The van der Waals surface area contributed by atoms with Crippen LogP contribution in [-0.4, -0.2) is 29.1 Å². The molecule has 1 fully saturated rings. The molecule has 1 N–H and O–H groups in total. The lowest BCUT2D eigenvalue weighted by Crippen LogP contribution is -2.24. The van der Waals surface area contributed by atoms with Crippen LogP contribution in [0.5, 0.6) is 0 Å². The average Bonchev–Trinajstić information content (AvgIpc) is 2.62. The number of nitrogens with one attached hydrogen (secondary N) is 1. The van der Waals surface area contributed by atoms with E-state index in [1.54, 1.807) is 24.5 Å². The fraction of sp³-hybridized carbons (Fsp3) is 0.150. The zero-order valence-electron chi connectivity index (χ0n) is 13.6. The van der Waals surface area contributed by atoms with Gasteiger partial charge in [0.1, 0.15) is 5.82 Å². The van der Waals surface area contributed by atoms with E-state index in [1.165, 1.54) is 11.8 Å². The van der Waals surface area contributed by atoms with Crippen LogP contribution in [0.4, 0.5) is 5.82 Å². The Kier molecular flexibility index (Phi) is 4.23. The Balaban J connectivity index is 1.49. The van der Waals surface area contributed by atoms with Crippen LogP contribution >= 0.6 is 0 Å². The first-order chi connectivity index (χ1) is 12.3. The fourth-order valence-electron chi connectivity index (χ4n) is 2.72. The highest BCUT2D eigenvalue weighted by molar-refractivity contribution is 6.03. The molecule has 1 aliphatic rings. The molecule has 5 nitrogen and oxygen atoms in total. The Bertz CT molecular complexity index is 875. The lowest BCUT2D eigenvalue weighted by Gasteiger charge is -2.26. The van der Waals surface area contributed by atoms with Gasteiger partial charge >= 0.3 is 0 Å². The summed E-state index contributed by atoms with van der Waals surface area (Å²) in [6.07, 6.45) is 4.93. The first kappa shape index (κ1) is 15.5. The van der Waals surface area contributed by atoms with E-state index in [-0.39, 0.29) is 5.91 Å². The summed E-state index contributed by atoms with van der Waals surface area (Å²) in [5.74, 6) is 0.785. The van der Waals surface area contributed by atoms with Gasteiger partial charge in [0.15, 0.2) is 0 Å². The van der Waals surface area contributed by atoms with Gasteiger partial charge in [0, 0.05) is 30.1 Å². The molecule has 0 atom stereocenters. The lowest BCUT2D eigenvalue weighted by atomic mass is 9.94. The molecule has 0 radical (unpaired) electrons. The third-order valence-electron chi connectivity index (χ3n) is 4.26. The number of ether oxygens (including phenoxy) is 1. The molecule has 2 aromatic heterocycles. The lowest BCUT2D eigenvalue weighted by molar-refractivity contribution is 0.00844. The minimum absolute atomic E-state index is 0.222. The third kappa shape index (κ3) is 3.41. The van der Waals surface area contributed by atoms with Crippen molar-refractivity contribution in [1.82, 2.24) is 9.97 Å². The van der Waals surface area contributed by atoms with E-state index in [2.05, 4.69) is 39.6 Å². The van der Waals surface area contributed by atoms with E-state index in [0.29, 0.717) is 17.3 Å². The molecule has 3 heterocycles. The quantitative estimate of drug-likeness (QED) is 0.794. The molecule has 1 saturated heterocycles. The Morgan fingerprint density at radius 1 is 1.04 bits per heavy atom. The molecule has 1 aliphatic heterocycles. The van der Waals surface area contributed by atoms with E-state index < -0.39 is 0 Å². The minimum atomic E-state index is -0.222. The van der Waals surface area contributed by atoms with Crippen LogP contribution in [0, 0.1) is 0 Å². The summed E-state index contributed by atoms with van der Waals surface area (Å²) in [6.45, 7) is 1.59. The van der Waals surface area contributed by atoms with Gasteiger partial charge in [-0.1, -0.05) is 24.3 Å². The SMILES string of the molecule is O=C(Nc1ccc(-c2cccc(C3COC3)c2)cn1)c1cccnc1. The van der Waals surface area contributed by atoms with Gasteiger partial charge in [0.05, 0.1) is 18.8 Å². The van der Waals surface area contributed by atoms with Gasteiger partial charge in [-0.05, 0) is 35.4 Å². The predicted octanol–water partition coefficient (Wildman–Crippen LogP) is 3.51. The summed E-state index contributed by atoms with van der Waals surface area (Å²) in [7, 11) is 0. The molecule has 0 aliphatic carbocycles. The summed E-state index contributed by atoms with van der Waals surface area (Å²) < 4.78 is 5.27. The third-order valence-corrected chi connectivity index (χ3v) is 4.26. The Morgan fingerprint density at radius 3 is 2.64 bits per heavy atom. The molecule has 0 spiro atoms. The van der Waals surface area contributed by atoms with Crippen LogP contribution in [0.2, 0.25) is 0 Å². The Labute approximate surface area is 145 Å². The van der Waals surface area contributed by atoms with Crippen LogP contribution in [0.1, 0.15) is 21.8 Å². The highest BCUT2D eigenvalue weighted by Crippen LogP contribution is 2.28. The van der Waals surface area contributed by atoms with E-state index >= 15 is 0 Å². The molecule has 25 heavy (non-hydrogen) atoms. The smallest absolute Gasteiger partial charge is 0.258 e. The van der Waals surface area contributed by atoms with Gasteiger partial charge in [0.25, 0.3) is 5.91 Å². The molecule has 0 bridgehead atoms.